The summed E-state index contributed by atoms with van der Waals surface area (Å²) in [5, 5.41) is 6.70. The number of amides is 1. The molecule has 0 saturated carbocycles. The highest BCUT2D eigenvalue weighted by atomic mass is 32.1. The fourth-order valence-corrected chi connectivity index (χ4v) is 3.62. The van der Waals surface area contributed by atoms with Gasteiger partial charge in [-0.1, -0.05) is 6.92 Å². The number of hydrogen-bond acceptors (Lipinski definition) is 4. The van der Waals surface area contributed by atoms with E-state index in [4.69, 9.17) is 0 Å². The van der Waals surface area contributed by atoms with Crippen LogP contribution in [0, 0.1) is 6.92 Å². The number of carbonyl (C=O) groups is 1. The first-order valence-electron chi connectivity index (χ1n) is 8.24. The Hall–Kier alpha value is -1.88. The number of likely N-dealkylation sites (tertiary alicyclic amines) is 1. The third-order valence-corrected chi connectivity index (χ3v) is 5.27. The standard InChI is InChI=1S/C18H23N3OS/c1-3-17-20-15(12-23-17)11-19-16-7-6-14(10-13(16)2)18(22)21-8-4-5-9-21/h6-7,10,12,19H,3-5,8-9,11H2,1-2H3. The van der Waals surface area contributed by atoms with E-state index in [9.17, 15) is 4.79 Å². The molecule has 1 saturated heterocycles. The monoisotopic (exact) mass is 329 g/mol. The van der Waals surface area contributed by atoms with Gasteiger partial charge in [-0.2, -0.15) is 0 Å². The molecule has 5 heteroatoms. The Morgan fingerprint density at radius 1 is 1.35 bits per heavy atom. The molecule has 1 aliphatic rings. The van der Waals surface area contributed by atoms with Gasteiger partial charge in [-0.05, 0) is 49.9 Å². The molecule has 0 spiro atoms. The Labute approximate surface area is 141 Å². The maximum atomic E-state index is 12.4. The molecular formula is C18H23N3OS. The van der Waals surface area contributed by atoms with E-state index in [1.165, 1.54) is 5.01 Å². The van der Waals surface area contributed by atoms with Crippen LogP contribution in [0.1, 0.15) is 46.4 Å². The molecule has 0 bridgehead atoms. The molecular weight excluding hydrogens is 306 g/mol. The molecule has 4 nitrogen and oxygen atoms in total. The van der Waals surface area contributed by atoms with Gasteiger partial charge in [0.25, 0.3) is 5.91 Å². The molecule has 2 heterocycles. The van der Waals surface area contributed by atoms with Crippen molar-refractivity contribution in [3.05, 3.63) is 45.4 Å². The van der Waals surface area contributed by atoms with Crippen LogP contribution < -0.4 is 5.32 Å². The molecule has 1 aromatic carbocycles. The fraction of sp³-hybridized carbons (Fsp3) is 0.444. The van der Waals surface area contributed by atoms with E-state index < -0.39 is 0 Å². The molecule has 0 atom stereocenters. The van der Waals surface area contributed by atoms with E-state index in [-0.39, 0.29) is 5.91 Å². The molecule has 0 unspecified atom stereocenters. The van der Waals surface area contributed by atoms with Crippen molar-refractivity contribution in [2.24, 2.45) is 0 Å². The van der Waals surface area contributed by atoms with Gasteiger partial charge in [0.1, 0.15) is 0 Å². The topological polar surface area (TPSA) is 45.2 Å². The summed E-state index contributed by atoms with van der Waals surface area (Å²) < 4.78 is 0. The average molecular weight is 329 g/mol. The predicted octanol–water partition coefficient (Wildman–Crippen LogP) is 3.86. The van der Waals surface area contributed by atoms with Gasteiger partial charge >= 0.3 is 0 Å². The van der Waals surface area contributed by atoms with Crippen molar-refractivity contribution in [1.82, 2.24) is 9.88 Å². The summed E-state index contributed by atoms with van der Waals surface area (Å²) in [7, 11) is 0. The molecule has 1 fully saturated rings. The number of nitrogens with zero attached hydrogens (tertiary/aromatic N) is 2. The van der Waals surface area contributed by atoms with E-state index in [1.807, 2.05) is 30.0 Å². The van der Waals surface area contributed by atoms with Gasteiger partial charge in [-0.15, -0.1) is 11.3 Å². The molecule has 1 aliphatic heterocycles. The van der Waals surface area contributed by atoms with Gasteiger partial charge in [-0.3, -0.25) is 4.79 Å². The van der Waals surface area contributed by atoms with Gasteiger partial charge in [0.15, 0.2) is 0 Å². The summed E-state index contributed by atoms with van der Waals surface area (Å²) >= 11 is 1.71. The Balaban J connectivity index is 1.65. The van der Waals surface area contributed by atoms with Crippen molar-refractivity contribution in [3.8, 4) is 0 Å². The maximum absolute atomic E-state index is 12.4. The van der Waals surface area contributed by atoms with Crippen LogP contribution >= 0.6 is 11.3 Å². The minimum Gasteiger partial charge on any atom is -0.379 e. The third kappa shape index (κ3) is 3.72. The van der Waals surface area contributed by atoms with Gasteiger partial charge in [0, 0.05) is 29.7 Å². The van der Waals surface area contributed by atoms with Gasteiger partial charge in [-0.25, -0.2) is 4.98 Å². The van der Waals surface area contributed by atoms with Crippen LogP contribution in [-0.4, -0.2) is 28.9 Å². The smallest absolute Gasteiger partial charge is 0.253 e. The summed E-state index contributed by atoms with van der Waals surface area (Å²) in [5.74, 6) is 0.157. The Kier molecular flexibility index (Phi) is 4.96. The lowest BCUT2D eigenvalue weighted by atomic mass is 10.1. The van der Waals surface area contributed by atoms with Crippen LogP contribution in [-0.2, 0) is 13.0 Å². The molecule has 23 heavy (non-hydrogen) atoms. The first kappa shape index (κ1) is 16.0. The number of aromatic nitrogens is 1. The lowest BCUT2D eigenvalue weighted by molar-refractivity contribution is 0.0793. The van der Waals surface area contributed by atoms with E-state index in [1.54, 1.807) is 11.3 Å². The van der Waals surface area contributed by atoms with Gasteiger partial charge in [0.2, 0.25) is 0 Å². The Bertz CT molecular complexity index is 689. The van der Waals surface area contributed by atoms with Crippen molar-refractivity contribution in [2.75, 3.05) is 18.4 Å². The second kappa shape index (κ2) is 7.13. The zero-order chi connectivity index (χ0) is 16.2. The van der Waals surface area contributed by atoms with E-state index >= 15 is 0 Å². The number of benzene rings is 1. The average Bonchev–Trinajstić information content (AvgIpc) is 3.24. The second-order valence-corrected chi connectivity index (χ2v) is 6.91. The van der Waals surface area contributed by atoms with Crippen molar-refractivity contribution in [2.45, 2.75) is 39.7 Å². The molecule has 1 amide bonds. The van der Waals surface area contributed by atoms with E-state index in [2.05, 4.69) is 22.6 Å². The van der Waals surface area contributed by atoms with Gasteiger partial charge in [0.05, 0.1) is 17.2 Å². The largest absolute Gasteiger partial charge is 0.379 e. The van der Waals surface area contributed by atoms with E-state index in [0.29, 0.717) is 0 Å². The van der Waals surface area contributed by atoms with E-state index in [0.717, 1.165) is 61.4 Å². The number of carbonyl (C=O) groups excluding carboxylic acids is 1. The van der Waals surface area contributed by atoms with Crippen molar-refractivity contribution in [3.63, 3.8) is 0 Å². The number of hydrogen-bond donors (Lipinski definition) is 1. The summed E-state index contributed by atoms with van der Waals surface area (Å²) in [4.78, 5) is 18.9. The highest BCUT2D eigenvalue weighted by Crippen LogP contribution is 2.20. The van der Waals surface area contributed by atoms with Crippen LogP contribution in [0.3, 0.4) is 0 Å². The molecule has 3 rings (SSSR count). The zero-order valence-electron chi connectivity index (χ0n) is 13.8. The predicted molar refractivity (Wildman–Crippen MR) is 95.1 cm³/mol. The normalized spacial score (nSPS) is 14.3. The second-order valence-electron chi connectivity index (χ2n) is 5.97. The van der Waals surface area contributed by atoms with Crippen LogP contribution in [0.15, 0.2) is 23.6 Å². The molecule has 122 valence electrons. The van der Waals surface area contributed by atoms with Crippen molar-refractivity contribution >= 4 is 22.9 Å². The van der Waals surface area contributed by atoms with Crippen LogP contribution in [0.25, 0.3) is 0 Å². The third-order valence-electron chi connectivity index (χ3n) is 4.23. The van der Waals surface area contributed by atoms with Crippen molar-refractivity contribution in [1.29, 1.82) is 0 Å². The Morgan fingerprint density at radius 3 is 2.78 bits per heavy atom. The minimum absolute atomic E-state index is 0.157. The minimum atomic E-state index is 0.157. The lowest BCUT2D eigenvalue weighted by Gasteiger charge is -2.16. The molecule has 1 N–H and O–H groups in total. The highest BCUT2D eigenvalue weighted by molar-refractivity contribution is 7.09. The van der Waals surface area contributed by atoms with Crippen LogP contribution in [0.4, 0.5) is 5.69 Å². The number of aryl methyl sites for hydroxylation is 2. The van der Waals surface area contributed by atoms with Crippen LogP contribution in [0.5, 0.6) is 0 Å². The molecule has 2 aromatic rings. The molecule has 1 aromatic heterocycles. The first-order chi connectivity index (χ1) is 11.2. The van der Waals surface area contributed by atoms with Crippen molar-refractivity contribution < 1.29 is 4.79 Å². The lowest BCUT2D eigenvalue weighted by Crippen LogP contribution is -2.27. The highest BCUT2D eigenvalue weighted by Gasteiger charge is 2.19. The zero-order valence-corrected chi connectivity index (χ0v) is 14.6. The molecule has 0 aliphatic carbocycles. The molecule has 0 radical (unpaired) electrons. The van der Waals surface area contributed by atoms with Crippen LogP contribution in [0.2, 0.25) is 0 Å². The summed E-state index contributed by atoms with van der Waals surface area (Å²) in [5.41, 5.74) is 4.02. The SMILES string of the molecule is CCc1nc(CNc2ccc(C(=O)N3CCCC3)cc2C)cs1. The summed E-state index contributed by atoms with van der Waals surface area (Å²) in [6.45, 7) is 6.66. The summed E-state index contributed by atoms with van der Waals surface area (Å²) in [6.07, 6.45) is 3.23. The quantitative estimate of drug-likeness (QED) is 0.906. The fourth-order valence-electron chi connectivity index (χ4n) is 2.88. The first-order valence-corrected chi connectivity index (χ1v) is 9.12. The number of thiazole rings is 1. The summed E-state index contributed by atoms with van der Waals surface area (Å²) in [6, 6.07) is 5.92. The van der Waals surface area contributed by atoms with Gasteiger partial charge < -0.3 is 10.2 Å². The Morgan fingerprint density at radius 2 is 2.13 bits per heavy atom. The number of nitrogens with one attached hydrogen (secondary N) is 1. The number of rotatable bonds is 5. The maximum Gasteiger partial charge on any atom is 0.253 e. The number of anilines is 1.